The fraction of sp³-hybridized carbons (Fsp3) is 0.0588. The third kappa shape index (κ3) is 2.09. The van der Waals surface area contributed by atoms with Crippen molar-refractivity contribution in [3.8, 4) is 22.8 Å². The van der Waals surface area contributed by atoms with Crippen molar-refractivity contribution >= 4 is 27.7 Å². The molecule has 0 N–H and O–H groups in total. The number of pyridine rings is 1. The summed E-state index contributed by atoms with van der Waals surface area (Å²) in [5.74, 6) is 1.38. The van der Waals surface area contributed by atoms with Crippen molar-refractivity contribution in [2.45, 2.75) is 0 Å². The number of fused-ring (bicyclic) bond motifs is 2. The van der Waals surface area contributed by atoms with Crippen LogP contribution in [0, 0.1) is 0 Å². The first-order valence-electron chi connectivity index (χ1n) is 6.72. The molecule has 0 fully saturated rings. The molecule has 2 heterocycles. The van der Waals surface area contributed by atoms with Gasteiger partial charge in [-0.3, -0.25) is 4.79 Å². The average Bonchev–Trinajstić information content (AvgIpc) is 3.01. The van der Waals surface area contributed by atoms with Crippen LogP contribution in [0.25, 0.3) is 22.2 Å². The molecule has 3 aromatic rings. The van der Waals surface area contributed by atoms with Crippen LogP contribution < -0.4 is 9.47 Å². The van der Waals surface area contributed by atoms with Crippen LogP contribution in [0.3, 0.4) is 0 Å². The number of carbonyl (C=O) groups is 1. The van der Waals surface area contributed by atoms with E-state index in [-0.39, 0.29) is 6.79 Å². The molecule has 0 saturated heterocycles. The summed E-state index contributed by atoms with van der Waals surface area (Å²) in [4.78, 5) is 16.3. The van der Waals surface area contributed by atoms with Crippen molar-refractivity contribution in [1.82, 2.24) is 4.98 Å². The summed E-state index contributed by atoms with van der Waals surface area (Å²) in [6.07, 6.45) is 0. The summed E-state index contributed by atoms with van der Waals surface area (Å²) in [5, 5.41) is 0.243. The fourth-order valence-corrected chi connectivity index (χ4v) is 2.70. The third-order valence-electron chi connectivity index (χ3n) is 3.60. The van der Waals surface area contributed by atoms with E-state index in [1.165, 1.54) is 0 Å². The van der Waals surface area contributed by atoms with Gasteiger partial charge in [0.2, 0.25) is 6.79 Å². The van der Waals surface area contributed by atoms with Crippen molar-refractivity contribution in [1.29, 1.82) is 0 Å². The number of hydrogen-bond donors (Lipinski definition) is 0. The molecule has 0 bridgehead atoms. The van der Waals surface area contributed by atoms with E-state index in [1.807, 2.05) is 42.5 Å². The number of benzene rings is 2. The Morgan fingerprint density at radius 2 is 1.86 bits per heavy atom. The molecule has 22 heavy (non-hydrogen) atoms. The molecule has 1 aliphatic rings. The highest BCUT2D eigenvalue weighted by molar-refractivity contribution is 6.68. The van der Waals surface area contributed by atoms with E-state index in [2.05, 4.69) is 4.98 Å². The van der Waals surface area contributed by atoms with E-state index < -0.39 is 5.24 Å². The Bertz CT molecular complexity index is 908. The predicted molar refractivity (Wildman–Crippen MR) is 83.5 cm³/mol. The number of ether oxygens (including phenoxy) is 2. The molecule has 2 aromatic carbocycles. The summed E-state index contributed by atoms with van der Waals surface area (Å²) >= 11 is 5.72. The average molecular weight is 312 g/mol. The predicted octanol–water partition coefficient (Wildman–Crippen LogP) is 4.01. The highest BCUT2D eigenvalue weighted by atomic mass is 35.5. The number of aromatic nitrogens is 1. The minimum Gasteiger partial charge on any atom is -0.454 e. The van der Waals surface area contributed by atoms with Gasteiger partial charge in [0.05, 0.1) is 11.2 Å². The first kappa shape index (κ1) is 13.1. The van der Waals surface area contributed by atoms with E-state index in [4.69, 9.17) is 21.1 Å². The Morgan fingerprint density at radius 1 is 1.05 bits per heavy atom. The summed E-state index contributed by atoms with van der Waals surface area (Å²) < 4.78 is 10.7. The van der Waals surface area contributed by atoms with Gasteiger partial charge in [0.1, 0.15) is 0 Å². The molecule has 0 atom stereocenters. The van der Waals surface area contributed by atoms with Gasteiger partial charge in [0.15, 0.2) is 11.5 Å². The minimum absolute atomic E-state index is 0.218. The molecule has 0 spiro atoms. The highest BCUT2D eigenvalue weighted by Crippen LogP contribution is 2.36. The van der Waals surface area contributed by atoms with Crippen molar-refractivity contribution in [3.63, 3.8) is 0 Å². The van der Waals surface area contributed by atoms with Crippen LogP contribution >= 0.6 is 11.6 Å². The molecule has 0 saturated carbocycles. The van der Waals surface area contributed by atoms with Gasteiger partial charge in [0.25, 0.3) is 5.24 Å². The van der Waals surface area contributed by atoms with Crippen molar-refractivity contribution in [2.75, 3.05) is 6.79 Å². The van der Waals surface area contributed by atoms with Crippen LogP contribution in [0.4, 0.5) is 0 Å². The molecule has 1 aliphatic heterocycles. The maximum Gasteiger partial charge on any atom is 0.253 e. The topological polar surface area (TPSA) is 48.4 Å². The van der Waals surface area contributed by atoms with Crippen molar-refractivity contribution in [3.05, 3.63) is 54.1 Å². The van der Waals surface area contributed by atoms with Gasteiger partial charge >= 0.3 is 0 Å². The molecule has 0 amide bonds. The molecule has 108 valence electrons. The van der Waals surface area contributed by atoms with Gasteiger partial charge in [-0.15, -0.1) is 0 Å². The Balaban J connectivity index is 1.93. The molecule has 0 radical (unpaired) electrons. The lowest BCUT2D eigenvalue weighted by Gasteiger charge is -2.07. The number of carbonyl (C=O) groups excluding carboxylic acids is 1. The Kier molecular flexibility index (Phi) is 2.98. The Labute approximate surface area is 131 Å². The van der Waals surface area contributed by atoms with Crippen molar-refractivity contribution < 1.29 is 14.3 Å². The van der Waals surface area contributed by atoms with Gasteiger partial charge < -0.3 is 9.47 Å². The number of halogens is 1. The molecular formula is C17H10ClNO3. The molecule has 0 aliphatic carbocycles. The number of rotatable bonds is 2. The second kappa shape index (κ2) is 5.00. The fourth-order valence-electron chi connectivity index (χ4n) is 2.54. The summed E-state index contributed by atoms with van der Waals surface area (Å²) in [7, 11) is 0. The van der Waals surface area contributed by atoms with E-state index in [1.54, 1.807) is 6.07 Å². The molecule has 5 heteroatoms. The van der Waals surface area contributed by atoms with Gasteiger partial charge in [-0.2, -0.15) is 0 Å². The number of para-hydroxylation sites is 1. The Morgan fingerprint density at radius 3 is 2.73 bits per heavy atom. The minimum atomic E-state index is -0.499. The molecule has 4 nitrogen and oxygen atoms in total. The second-order valence-corrected chi connectivity index (χ2v) is 5.26. The molecule has 0 unspecified atom stereocenters. The summed E-state index contributed by atoms with van der Waals surface area (Å²) in [6.45, 7) is 0.218. The number of nitrogens with zero attached hydrogens (tertiary/aromatic N) is 1. The van der Waals surface area contributed by atoms with E-state index in [9.17, 15) is 4.79 Å². The van der Waals surface area contributed by atoms with E-state index >= 15 is 0 Å². The third-order valence-corrected chi connectivity index (χ3v) is 3.80. The van der Waals surface area contributed by atoms with Crippen LogP contribution in [0.5, 0.6) is 11.5 Å². The zero-order valence-corrected chi connectivity index (χ0v) is 12.1. The van der Waals surface area contributed by atoms with E-state index in [0.717, 1.165) is 16.5 Å². The van der Waals surface area contributed by atoms with Crippen molar-refractivity contribution in [2.24, 2.45) is 0 Å². The lowest BCUT2D eigenvalue weighted by molar-refractivity contribution is 0.108. The molecule has 1 aromatic heterocycles. The Hall–Kier alpha value is -2.59. The highest BCUT2D eigenvalue weighted by Gasteiger charge is 2.16. The van der Waals surface area contributed by atoms with Gasteiger partial charge in [-0.25, -0.2) is 4.98 Å². The smallest absolute Gasteiger partial charge is 0.253 e. The summed E-state index contributed by atoms with van der Waals surface area (Å²) in [6, 6.07) is 14.7. The zero-order valence-electron chi connectivity index (χ0n) is 11.4. The monoisotopic (exact) mass is 311 g/mol. The van der Waals surface area contributed by atoms with E-state index in [0.29, 0.717) is 22.8 Å². The maximum absolute atomic E-state index is 11.7. The zero-order chi connectivity index (χ0) is 15.1. The largest absolute Gasteiger partial charge is 0.454 e. The normalized spacial score (nSPS) is 12.6. The van der Waals surface area contributed by atoms with Gasteiger partial charge in [-0.05, 0) is 41.9 Å². The second-order valence-electron chi connectivity index (χ2n) is 4.91. The lowest BCUT2D eigenvalue weighted by atomic mass is 10.0. The first-order chi connectivity index (χ1) is 10.7. The standard InChI is InChI=1S/C17H10ClNO3/c18-17(20)12-8-14(19-13-4-2-1-3-11(12)13)10-5-6-15-16(7-10)22-9-21-15/h1-8H,9H2. The number of hydrogen-bond acceptors (Lipinski definition) is 4. The molecule has 4 rings (SSSR count). The quantitative estimate of drug-likeness (QED) is 0.671. The SMILES string of the molecule is O=C(Cl)c1cc(-c2ccc3c(c2)OCO3)nc2ccccc12. The van der Waals surface area contributed by atoms with Crippen LogP contribution in [-0.4, -0.2) is 17.0 Å². The lowest BCUT2D eigenvalue weighted by Crippen LogP contribution is -1.95. The maximum atomic E-state index is 11.7. The van der Waals surface area contributed by atoms with Gasteiger partial charge in [-0.1, -0.05) is 18.2 Å². The van der Waals surface area contributed by atoms with Gasteiger partial charge in [0, 0.05) is 16.5 Å². The first-order valence-corrected chi connectivity index (χ1v) is 7.10. The molecular weight excluding hydrogens is 302 g/mol. The van der Waals surface area contributed by atoms with Crippen LogP contribution in [0.2, 0.25) is 0 Å². The summed E-state index contributed by atoms with van der Waals surface area (Å²) in [5.41, 5.74) is 2.68. The van der Waals surface area contributed by atoms with Crippen LogP contribution in [0.15, 0.2) is 48.5 Å². The van der Waals surface area contributed by atoms with Crippen LogP contribution in [0.1, 0.15) is 10.4 Å². The van der Waals surface area contributed by atoms with Crippen LogP contribution in [-0.2, 0) is 0 Å².